The summed E-state index contributed by atoms with van der Waals surface area (Å²) in [6.45, 7) is 3.76. The van der Waals surface area contributed by atoms with Crippen LogP contribution in [-0.4, -0.2) is 35.2 Å². The maximum absolute atomic E-state index is 9.50. The molecule has 2 atom stereocenters. The lowest BCUT2D eigenvalue weighted by molar-refractivity contribution is 0.0487. The SMILES string of the molecule is CC(N)C(c1ccco1)N1CCC(O)CC1. The fourth-order valence-corrected chi connectivity index (χ4v) is 2.40. The van der Waals surface area contributed by atoms with Crippen LogP contribution in [0, 0.1) is 0 Å². The summed E-state index contributed by atoms with van der Waals surface area (Å²) in [7, 11) is 0. The van der Waals surface area contributed by atoms with E-state index < -0.39 is 0 Å². The van der Waals surface area contributed by atoms with E-state index >= 15 is 0 Å². The van der Waals surface area contributed by atoms with Crippen molar-refractivity contribution in [3.05, 3.63) is 24.2 Å². The Balaban J connectivity index is 2.08. The van der Waals surface area contributed by atoms with Gasteiger partial charge in [0, 0.05) is 19.1 Å². The summed E-state index contributed by atoms with van der Waals surface area (Å²) in [5.41, 5.74) is 6.03. The average molecular weight is 224 g/mol. The first kappa shape index (κ1) is 11.6. The van der Waals surface area contributed by atoms with E-state index in [4.69, 9.17) is 10.2 Å². The van der Waals surface area contributed by atoms with Crippen molar-refractivity contribution in [1.29, 1.82) is 0 Å². The van der Waals surface area contributed by atoms with Crippen LogP contribution in [0.25, 0.3) is 0 Å². The Bertz CT molecular complexity index is 303. The minimum Gasteiger partial charge on any atom is -0.468 e. The molecule has 0 aliphatic carbocycles. The molecule has 1 aliphatic heterocycles. The Labute approximate surface area is 96.0 Å². The Hall–Kier alpha value is -0.840. The number of nitrogens with zero attached hydrogens (tertiary/aromatic N) is 1. The van der Waals surface area contributed by atoms with Gasteiger partial charge >= 0.3 is 0 Å². The van der Waals surface area contributed by atoms with E-state index in [1.165, 1.54) is 0 Å². The molecule has 0 bridgehead atoms. The van der Waals surface area contributed by atoms with Crippen LogP contribution in [0.3, 0.4) is 0 Å². The molecular formula is C12H20N2O2. The quantitative estimate of drug-likeness (QED) is 0.807. The van der Waals surface area contributed by atoms with Crippen LogP contribution in [0.2, 0.25) is 0 Å². The third kappa shape index (κ3) is 2.45. The molecule has 0 spiro atoms. The second kappa shape index (κ2) is 4.99. The molecule has 2 heterocycles. The molecule has 4 nitrogen and oxygen atoms in total. The molecule has 1 aliphatic rings. The number of nitrogens with two attached hydrogens (primary N) is 1. The molecule has 1 aromatic heterocycles. The normalized spacial score (nSPS) is 23.2. The summed E-state index contributed by atoms with van der Waals surface area (Å²) in [6, 6.07) is 4.02. The van der Waals surface area contributed by atoms with Gasteiger partial charge in [-0.2, -0.15) is 0 Å². The van der Waals surface area contributed by atoms with Crippen LogP contribution in [0.1, 0.15) is 31.6 Å². The van der Waals surface area contributed by atoms with Crippen molar-refractivity contribution in [2.24, 2.45) is 5.73 Å². The minimum absolute atomic E-state index is 0.0291. The van der Waals surface area contributed by atoms with Gasteiger partial charge in [-0.3, -0.25) is 4.90 Å². The first-order chi connectivity index (χ1) is 7.68. The molecule has 2 unspecified atom stereocenters. The molecule has 1 fully saturated rings. The topological polar surface area (TPSA) is 62.6 Å². The minimum atomic E-state index is -0.151. The zero-order valence-corrected chi connectivity index (χ0v) is 9.67. The molecule has 16 heavy (non-hydrogen) atoms. The van der Waals surface area contributed by atoms with Crippen molar-refractivity contribution >= 4 is 0 Å². The van der Waals surface area contributed by atoms with Crippen molar-refractivity contribution in [3.8, 4) is 0 Å². The molecule has 1 saturated heterocycles. The Kier molecular flexibility index (Phi) is 3.63. The highest BCUT2D eigenvalue weighted by Crippen LogP contribution is 2.27. The maximum atomic E-state index is 9.50. The molecule has 2 rings (SSSR count). The van der Waals surface area contributed by atoms with E-state index in [-0.39, 0.29) is 18.2 Å². The lowest BCUT2D eigenvalue weighted by Crippen LogP contribution is -2.44. The fourth-order valence-electron chi connectivity index (χ4n) is 2.40. The van der Waals surface area contributed by atoms with Crippen LogP contribution in [0.5, 0.6) is 0 Å². The zero-order valence-electron chi connectivity index (χ0n) is 9.67. The number of hydrogen-bond acceptors (Lipinski definition) is 4. The van der Waals surface area contributed by atoms with Gasteiger partial charge in [0.2, 0.25) is 0 Å². The largest absolute Gasteiger partial charge is 0.468 e. The highest BCUT2D eigenvalue weighted by molar-refractivity contribution is 5.07. The molecule has 0 aromatic carbocycles. The summed E-state index contributed by atoms with van der Waals surface area (Å²) in [5.74, 6) is 0.923. The number of piperidine rings is 1. The van der Waals surface area contributed by atoms with Gasteiger partial charge in [0.1, 0.15) is 5.76 Å². The van der Waals surface area contributed by atoms with Gasteiger partial charge in [0.25, 0.3) is 0 Å². The van der Waals surface area contributed by atoms with Gasteiger partial charge in [-0.05, 0) is 31.9 Å². The lowest BCUT2D eigenvalue weighted by Gasteiger charge is -2.37. The van der Waals surface area contributed by atoms with E-state index in [1.807, 2.05) is 19.1 Å². The van der Waals surface area contributed by atoms with Crippen LogP contribution in [0.4, 0.5) is 0 Å². The average Bonchev–Trinajstić information content (AvgIpc) is 2.74. The second-order valence-corrected chi connectivity index (χ2v) is 4.59. The first-order valence-corrected chi connectivity index (χ1v) is 5.89. The number of aliphatic hydroxyl groups is 1. The zero-order chi connectivity index (χ0) is 11.5. The van der Waals surface area contributed by atoms with Crippen molar-refractivity contribution in [3.63, 3.8) is 0 Å². The van der Waals surface area contributed by atoms with Gasteiger partial charge in [-0.25, -0.2) is 0 Å². The first-order valence-electron chi connectivity index (χ1n) is 5.89. The maximum Gasteiger partial charge on any atom is 0.122 e. The standard InChI is InChI=1S/C12H20N2O2/c1-9(13)12(11-3-2-8-16-11)14-6-4-10(15)5-7-14/h2-3,8-10,12,15H,4-7,13H2,1H3. The van der Waals surface area contributed by atoms with Gasteiger partial charge < -0.3 is 15.3 Å². The van der Waals surface area contributed by atoms with Crippen molar-refractivity contribution in [1.82, 2.24) is 4.90 Å². The summed E-state index contributed by atoms with van der Waals surface area (Å²) in [6.07, 6.45) is 3.18. The summed E-state index contributed by atoms with van der Waals surface area (Å²) in [4.78, 5) is 2.30. The molecular weight excluding hydrogens is 204 g/mol. The van der Waals surface area contributed by atoms with Crippen molar-refractivity contribution in [2.45, 2.75) is 38.0 Å². The van der Waals surface area contributed by atoms with Crippen LogP contribution < -0.4 is 5.73 Å². The lowest BCUT2D eigenvalue weighted by atomic mass is 10.0. The smallest absolute Gasteiger partial charge is 0.122 e. The number of furan rings is 1. The highest BCUT2D eigenvalue weighted by atomic mass is 16.3. The Morgan fingerprint density at radius 3 is 2.69 bits per heavy atom. The third-order valence-corrected chi connectivity index (χ3v) is 3.23. The molecule has 1 aromatic rings. The van der Waals surface area contributed by atoms with E-state index in [2.05, 4.69) is 4.90 Å². The number of hydrogen-bond donors (Lipinski definition) is 2. The van der Waals surface area contributed by atoms with Gasteiger partial charge in [-0.15, -0.1) is 0 Å². The summed E-state index contributed by atoms with van der Waals surface area (Å²) >= 11 is 0. The number of rotatable bonds is 3. The van der Waals surface area contributed by atoms with E-state index in [1.54, 1.807) is 6.26 Å². The Morgan fingerprint density at radius 2 is 2.19 bits per heavy atom. The summed E-state index contributed by atoms with van der Waals surface area (Å²) in [5, 5.41) is 9.50. The van der Waals surface area contributed by atoms with E-state index in [9.17, 15) is 5.11 Å². The number of aliphatic hydroxyl groups excluding tert-OH is 1. The van der Waals surface area contributed by atoms with Gasteiger partial charge in [0.15, 0.2) is 0 Å². The van der Waals surface area contributed by atoms with Crippen LogP contribution in [0.15, 0.2) is 22.8 Å². The predicted molar refractivity (Wildman–Crippen MR) is 61.9 cm³/mol. The predicted octanol–water partition coefficient (Wildman–Crippen LogP) is 1.12. The summed E-state index contributed by atoms with van der Waals surface area (Å²) < 4.78 is 5.45. The van der Waals surface area contributed by atoms with E-state index in [0.29, 0.717) is 0 Å². The fraction of sp³-hybridized carbons (Fsp3) is 0.667. The molecule has 3 N–H and O–H groups in total. The third-order valence-electron chi connectivity index (χ3n) is 3.23. The van der Waals surface area contributed by atoms with Crippen molar-refractivity contribution in [2.75, 3.05) is 13.1 Å². The highest BCUT2D eigenvalue weighted by Gasteiger charge is 2.29. The van der Waals surface area contributed by atoms with Crippen molar-refractivity contribution < 1.29 is 9.52 Å². The molecule has 0 saturated carbocycles. The Morgan fingerprint density at radius 1 is 1.50 bits per heavy atom. The van der Waals surface area contributed by atoms with Crippen LogP contribution >= 0.6 is 0 Å². The van der Waals surface area contributed by atoms with Gasteiger partial charge in [0.05, 0.1) is 18.4 Å². The van der Waals surface area contributed by atoms with Gasteiger partial charge in [-0.1, -0.05) is 0 Å². The molecule has 90 valence electrons. The molecule has 0 amide bonds. The van der Waals surface area contributed by atoms with E-state index in [0.717, 1.165) is 31.7 Å². The monoisotopic (exact) mass is 224 g/mol. The van der Waals surface area contributed by atoms with Crippen LogP contribution in [-0.2, 0) is 0 Å². The molecule has 4 heteroatoms. The molecule has 0 radical (unpaired) electrons. The number of likely N-dealkylation sites (tertiary alicyclic amines) is 1. The second-order valence-electron chi connectivity index (χ2n) is 4.59.